The molecule has 0 aliphatic carbocycles. The molecule has 2 N–H and O–H groups in total. The molecule has 0 spiro atoms. The van der Waals surface area contributed by atoms with Crippen molar-refractivity contribution in [2.24, 2.45) is 5.73 Å². The van der Waals surface area contributed by atoms with E-state index < -0.39 is 0 Å². The van der Waals surface area contributed by atoms with Crippen molar-refractivity contribution in [2.45, 2.75) is 26.2 Å². The molecule has 0 bridgehead atoms. The highest BCUT2D eigenvalue weighted by atomic mass is 14.5. The number of benzene rings is 2. The zero-order chi connectivity index (χ0) is 12.8. The number of nitrogens with two attached hydrogens (primary N) is 1. The summed E-state index contributed by atoms with van der Waals surface area (Å²) in [6.07, 6.45) is 3.26. The molecule has 2 aromatic rings. The second kappa shape index (κ2) is 6.36. The van der Waals surface area contributed by atoms with E-state index in [2.05, 4.69) is 55.5 Å². The van der Waals surface area contributed by atoms with Gasteiger partial charge in [0.05, 0.1) is 0 Å². The van der Waals surface area contributed by atoms with Crippen molar-refractivity contribution in [1.29, 1.82) is 0 Å². The van der Waals surface area contributed by atoms with Gasteiger partial charge in [0.15, 0.2) is 0 Å². The van der Waals surface area contributed by atoms with Crippen LogP contribution < -0.4 is 5.73 Å². The molecule has 18 heavy (non-hydrogen) atoms. The lowest BCUT2D eigenvalue weighted by Crippen LogP contribution is -2.02. The summed E-state index contributed by atoms with van der Waals surface area (Å²) in [6, 6.07) is 17.4. The molecule has 0 atom stereocenters. The predicted molar refractivity (Wildman–Crippen MR) is 78.6 cm³/mol. The highest BCUT2D eigenvalue weighted by Crippen LogP contribution is 2.25. The van der Waals surface area contributed by atoms with Crippen LogP contribution in [0, 0.1) is 0 Å². The van der Waals surface area contributed by atoms with Gasteiger partial charge in [-0.3, -0.25) is 0 Å². The van der Waals surface area contributed by atoms with Crippen LogP contribution in [0.1, 0.15) is 24.5 Å². The highest BCUT2D eigenvalue weighted by Gasteiger charge is 2.04. The molecule has 0 unspecified atom stereocenters. The van der Waals surface area contributed by atoms with Gasteiger partial charge in [-0.05, 0) is 41.6 Å². The second-order valence-corrected chi connectivity index (χ2v) is 4.65. The third-order valence-corrected chi connectivity index (χ3v) is 3.21. The first-order chi connectivity index (χ1) is 8.85. The summed E-state index contributed by atoms with van der Waals surface area (Å²) in [7, 11) is 0. The molecule has 2 rings (SSSR count). The summed E-state index contributed by atoms with van der Waals surface area (Å²) >= 11 is 0. The lowest BCUT2D eigenvalue weighted by molar-refractivity contribution is 0.923. The van der Waals surface area contributed by atoms with E-state index >= 15 is 0 Å². The molecule has 0 fully saturated rings. The minimum absolute atomic E-state index is 0.708. The Morgan fingerprint density at radius 1 is 0.944 bits per heavy atom. The van der Waals surface area contributed by atoms with Crippen molar-refractivity contribution < 1.29 is 0 Å². The summed E-state index contributed by atoms with van der Waals surface area (Å²) in [5.74, 6) is 0. The maximum Gasteiger partial charge on any atom is -0.00367 e. The quantitative estimate of drug-likeness (QED) is 0.843. The molecule has 0 radical (unpaired) electrons. The van der Waals surface area contributed by atoms with Gasteiger partial charge in [0, 0.05) is 0 Å². The van der Waals surface area contributed by atoms with Crippen molar-refractivity contribution in [2.75, 3.05) is 6.54 Å². The number of aryl methyl sites for hydroxylation is 1. The Morgan fingerprint density at radius 3 is 2.56 bits per heavy atom. The molecule has 0 amide bonds. The maximum absolute atomic E-state index is 5.63. The van der Waals surface area contributed by atoms with E-state index in [-0.39, 0.29) is 0 Å². The van der Waals surface area contributed by atoms with Crippen molar-refractivity contribution in [3.63, 3.8) is 0 Å². The van der Waals surface area contributed by atoms with Gasteiger partial charge in [0.2, 0.25) is 0 Å². The monoisotopic (exact) mass is 239 g/mol. The Morgan fingerprint density at radius 2 is 1.78 bits per heavy atom. The van der Waals surface area contributed by atoms with Crippen LogP contribution in [0.2, 0.25) is 0 Å². The number of rotatable bonds is 5. The minimum atomic E-state index is 0.708. The Kier molecular flexibility index (Phi) is 4.54. The Balaban J connectivity index is 2.38. The average Bonchev–Trinajstić information content (AvgIpc) is 2.40. The molecule has 0 aromatic heterocycles. The topological polar surface area (TPSA) is 26.0 Å². The van der Waals surface area contributed by atoms with Crippen molar-refractivity contribution >= 4 is 0 Å². The van der Waals surface area contributed by atoms with Crippen LogP contribution in [0.25, 0.3) is 11.1 Å². The minimum Gasteiger partial charge on any atom is -0.330 e. The molecular formula is C17H21N. The molecule has 0 aliphatic heterocycles. The molecule has 2 aromatic carbocycles. The normalized spacial score (nSPS) is 10.6. The Hall–Kier alpha value is -1.60. The zero-order valence-corrected chi connectivity index (χ0v) is 11.0. The van der Waals surface area contributed by atoms with E-state index in [1.807, 2.05) is 0 Å². The third-order valence-electron chi connectivity index (χ3n) is 3.21. The fourth-order valence-corrected chi connectivity index (χ4v) is 2.35. The molecular weight excluding hydrogens is 218 g/mol. The van der Waals surface area contributed by atoms with Crippen LogP contribution in [0.5, 0.6) is 0 Å². The third kappa shape index (κ3) is 2.99. The summed E-state index contributed by atoms with van der Waals surface area (Å²) < 4.78 is 0. The van der Waals surface area contributed by atoms with E-state index in [1.54, 1.807) is 0 Å². The zero-order valence-electron chi connectivity index (χ0n) is 11.0. The van der Waals surface area contributed by atoms with Gasteiger partial charge in [0.25, 0.3) is 0 Å². The van der Waals surface area contributed by atoms with Crippen LogP contribution in [0.4, 0.5) is 0 Å². The first kappa shape index (κ1) is 12.8. The summed E-state index contributed by atoms with van der Waals surface area (Å²) in [4.78, 5) is 0. The van der Waals surface area contributed by atoms with Gasteiger partial charge in [-0.1, -0.05) is 61.9 Å². The fraction of sp³-hybridized carbons (Fsp3) is 0.294. The summed E-state index contributed by atoms with van der Waals surface area (Å²) in [5, 5.41) is 0. The van der Waals surface area contributed by atoms with E-state index in [0.717, 1.165) is 12.8 Å². The van der Waals surface area contributed by atoms with Crippen LogP contribution in [-0.2, 0) is 12.8 Å². The second-order valence-electron chi connectivity index (χ2n) is 4.65. The van der Waals surface area contributed by atoms with Gasteiger partial charge in [0.1, 0.15) is 0 Å². The Bertz CT molecular complexity index is 502. The van der Waals surface area contributed by atoms with E-state index in [0.29, 0.717) is 6.54 Å². The molecule has 1 nitrogen and oxygen atoms in total. The number of hydrogen-bond donors (Lipinski definition) is 1. The number of hydrogen-bond acceptors (Lipinski definition) is 1. The molecule has 0 saturated carbocycles. The van der Waals surface area contributed by atoms with Crippen LogP contribution >= 0.6 is 0 Å². The lowest BCUT2D eigenvalue weighted by atomic mass is 9.95. The molecule has 0 saturated heterocycles. The maximum atomic E-state index is 5.63. The van der Waals surface area contributed by atoms with E-state index in [9.17, 15) is 0 Å². The van der Waals surface area contributed by atoms with Crippen LogP contribution in [0.3, 0.4) is 0 Å². The average molecular weight is 239 g/mol. The van der Waals surface area contributed by atoms with Crippen molar-refractivity contribution in [3.05, 3.63) is 59.7 Å². The highest BCUT2D eigenvalue weighted by molar-refractivity contribution is 5.68. The standard InChI is InChI=1S/C17H21N/c1-2-6-15-8-3-4-10-17(15)16-9-5-7-14(13-16)11-12-18/h3-5,7-10,13H,2,6,11-12,18H2,1H3. The van der Waals surface area contributed by atoms with E-state index in [4.69, 9.17) is 5.73 Å². The van der Waals surface area contributed by atoms with Gasteiger partial charge in [-0.15, -0.1) is 0 Å². The van der Waals surface area contributed by atoms with Gasteiger partial charge >= 0.3 is 0 Å². The fourth-order valence-electron chi connectivity index (χ4n) is 2.35. The van der Waals surface area contributed by atoms with Gasteiger partial charge in [-0.25, -0.2) is 0 Å². The SMILES string of the molecule is CCCc1ccccc1-c1cccc(CCN)c1. The molecule has 0 aliphatic rings. The first-order valence-corrected chi connectivity index (χ1v) is 6.72. The largest absolute Gasteiger partial charge is 0.330 e. The van der Waals surface area contributed by atoms with Crippen molar-refractivity contribution in [1.82, 2.24) is 0 Å². The molecule has 94 valence electrons. The van der Waals surface area contributed by atoms with Crippen LogP contribution in [0.15, 0.2) is 48.5 Å². The summed E-state index contributed by atoms with van der Waals surface area (Å²) in [5.41, 5.74) is 11.1. The summed E-state index contributed by atoms with van der Waals surface area (Å²) in [6.45, 7) is 2.93. The van der Waals surface area contributed by atoms with Crippen LogP contribution in [-0.4, -0.2) is 6.54 Å². The Labute approximate surface area is 110 Å². The molecule has 0 heterocycles. The predicted octanol–water partition coefficient (Wildman–Crippen LogP) is 3.81. The smallest absolute Gasteiger partial charge is 0.00367 e. The van der Waals surface area contributed by atoms with Crippen molar-refractivity contribution in [3.8, 4) is 11.1 Å². The first-order valence-electron chi connectivity index (χ1n) is 6.72. The van der Waals surface area contributed by atoms with Gasteiger partial charge < -0.3 is 5.73 Å². The van der Waals surface area contributed by atoms with E-state index in [1.165, 1.54) is 28.7 Å². The lowest BCUT2D eigenvalue weighted by Gasteiger charge is -2.10. The van der Waals surface area contributed by atoms with Gasteiger partial charge in [-0.2, -0.15) is 0 Å². The molecule has 1 heteroatoms.